The van der Waals surface area contributed by atoms with Crippen molar-refractivity contribution in [3.05, 3.63) is 174 Å². The van der Waals surface area contributed by atoms with E-state index in [0.29, 0.717) is 29.0 Å². The predicted molar refractivity (Wildman–Crippen MR) is 281 cm³/mol. The minimum absolute atomic E-state index is 0.501. The molecule has 0 aliphatic carbocycles. The van der Waals surface area contributed by atoms with Gasteiger partial charge in [0.2, 0.25) is 0 Å². The second kappa shape index (κ2) is 21.8. The Bertz CT molecular complexity index is 2950. The van der Waals surface area contributed by atoms with Crippen LogP contribution in [-0.2, 0) is 0 Å². The standard InChI is InChI=1S/2C9H9NO.2C9H9NS.2C9H9NSe/c6*1-6-3-4-8-9(5-6)11-7(2)10-8/h6*3-5H,1-2H3. The van der Waals surface area contributed by atoms with Crippen LogP contribution in [0, 0.1) is 83.1 Å². The molecule has 0 fully saturated rings. The van der Waals surface area contributed by atoms with Gasteiger partial charge in [0.25, 0.3) is 0 Å². The molecule has 0 spiro atoms. The molecule has 0 aliphatic heterocycles. The molecule has 0 atom stereocenters. The van der Waals surface area contributed by atoms with Gasteiger partial charge in [-0.3, -0.25) is 0 Å². The summed E-state index contributed by atoms with van der Waals surface area (Å²) in [4.78, 5) is 26.0. The van der Waals surface area contributed by atoms with Crippen LogP contribution in [0.2, 0.25) is 0 Å². The van der Waals surface area contributed by atoms with Crippen LogP contribution in [0.1, 0.15) is 64.3 Å². The molecule has 6 heterocycles. The summed E-state index contributed by atoms with van der Waals surface area (Å²) < 4.78 is 18.7. The van der Waals surface area contributed by atoms with Crippen molar-refractivity contribution in [3.8, 4) is 0 Å². The van der Waals surface area contributed by atoms with Gasteiger partial charge in [-0.05, 0) is 112 Å². The molecule has 12 aromatic rings. The molecular weight excluding hydrogens is 987 g/mol. The summed E-state index contributed by atoms with van der Waals surface area (Å²) in [5, 5.41) is 2.29. The van der Waals surface area contributed by atoms with Crippen molar-refractivity contribution in [2.75, 3.05) is 0 Å². The van der Waals surface area contributed by atoms with Crippen LogP contribution in [0.3, 0.4) is 0 Å². The predicted octanol–water partition coefficient (Wildman–Crippen LogP) is 14.5. The van der Waals surface area contributed by atoms with E-state index in [0.717, 1.165) is 55.0 Å². The number of benzene rings is 6. The topological polar surface area (TPSA) is 104 Å². The van der Waals surface area contributed by atoms with E-state index in [1.807, 2.05) is 77.9 Å². The Labute approximate surface area is 406 Å². The number of oxazole rings is 2. The number of thiazole rings is 2. The molecule has 0 bridgehead atoms. The monoisotopic (exact) mass is 1040 g/mol. The summed E-state index contributed by atoms with van der Waals surface area (Å²) in [6.07, 6.45) is 0. The minimum Gasteiger partial charge on any atom is -0.441 e. The number of fused-ring (bicyclic) bond motifs is 6. The van der Waals surface area contributed by atoms with Crippen LogP contribution in [0.25, 0.3) is 62.2 Å². The van der Waals surface area contributed by atoms with Crippen molar-refractivity contribution in [1.82, 2.24) is 29.9 Å². The molecule has 0 unspecified atom stereocenters. The first-order valence-electron chi connectivity index (χ1n) is 21.6. The van der Waals surface area contributed by atoms with E-state index in [-0.39, 0.29) is 0 Å². The molecular formula is C54H54N6O2S2Se2. The SMILES string of the molecule is Cc1ccc2nc(C)[se]c2c1.Cc1ccc2nc(C)[se]c2c1.Cc1ccc2nc(C)oc2c1.Cc1ccc2nc(C)oc2c1.Cc1ccc2nc(C)sc2c1.Cc1ccc2nc(C)sc2c1. The zero-order chi connectivity index (χ0) is 47.1. The second-order valence-corrected chi connectivity index (χ2v) is 23.9. The van der Waals surface area contributed by atoms with E-state index in [4.69, 9.17) is 8.83 Å². The molecule has 336 valence electrons. The molecule has 0 N–H and O–H groups in total. The fourth-order valence-corrected chi connectivity index (χ4v) is 12.6. The third kappa shape index (κ3) is 13.3. The van der Waals surface area contributed by atoms with E-state index in [9.17, 15) is 0 Å². The first-order chi connectivity index (χ1) is 31.5. The molecule has 66 heavy (non-hydrogen) atoms. The molecule has 0 amide bonds. The van der Waals surface area contributed by atoms with E-state index >= 15 is 0 Å². The molecule has 12 heteroatoms. The number of hydrogen-bond donors (Lipinski definition) is 0. The molecule has 6 aromatic carbocycles. The summed E-state index contributed by atoms with van der Waals surface area (Å²) >= 11 is 4.51. The molecule has 0 saturated carbocycles. The van der Waals surface area contributed by atoms with Gasteiger partial charge in [0.15, 0.2) is 22.9 Å². The fraction of sp³-hybridized carbons (Fsp3) is 0.222. The largest absolute Gasteiger partial charge is 0.441 e. The first kappa shape index (κ1) is 48.4. The Morgan fingerprint density at radius 3 is 1.03 bits per heavy atom. The summed E-state index contributed by atoms with van der Waals surface area (Å²) in [6.45, 7) is 24.6. The third-order valence-electron chi connectivity index (χ3n) is 9.91. The molecule has 0 aliphatic rings. The maximum Gasteiger partial charge on any atom is 0.192 e. The average Bonchev–Trinajstić information content (AvgIpc) is 4.11. The van der Waals surface area contributed by atoms with Crippen molar-refractivity contribution in [2.45, 2.75) is 83.1 Å². The van der Waals surface area contributed by atoms with E-state index in [1.54, 1.807) is 22.7 Å². The van der Waals surface area contributed by atoms with Gasteiger partial charge in [-0.25, -0.2) is 19.9 Å². The Morgan fingerprint density at radius 1 is 0.333 bits per heavy atom. The fourth-order valence-electron chi connectivity index (χ4n) is 6.88. The summed E-state index contributed by atoms with van der Waals surface area (Å²) in [6, 6.07) is 37.7. The van der Waals surface area contributed by atoms with Gasteiger partial charge in [0, 0.05) is 13.8 Å². The van der Waals surface area contributed by atoms with Gasteiger partial charge in [0.05, 0.1) is 30.4 Å². The van der Waals surface area contributed by atoms with Crippen molar-refractivity contribution in [2.24, 2.45) is 0 Å². The van der Waals surface area contributed by atoms with Crippen LogP contribution in [0.5, 0.6) is 0 Å². The first-order valence-corrected chi connectivity index (χ1v) is 26.6. The maximum absolute atomic E-state index is 5.34. The number of hydrogen-bond acceptors (Lipinski definition) is 10. The van der Waals surface area contributed by atoms with E-state index < -0.39 is 0 Å². The Balaban J connectivity index is 0.000000118. The van der Waals surface area contributed by atoms with Crippen LogP contribution >= 0.6 is 22.7 Å². The molecule has 0 saturated heterocycles. The summed E-state index contributed by atoms with van der Waals surface area (Å²) in [5.74, 6) is 1.45. The van der Waals surface area contributed by atoms with Crippen LogP contribution in [0.15, 0.2) is 118 Å². The molecule has 12 rings (SSSR count). The zero-order valence-corrected chi connectivity index (χ0v) is 44.6. The molecule has 8 nitrogen and oxygen atoms in total. The minimum atomic E-state index is 0.501. The van der Waals surface area contributed by atoms with Crippen molar-refractivity contribution >= 4 is 114 Å². The maximum atomic E-state index is 5.34. The van der Waals surface area contributed by atoms with E-state index in [2.05, 4.69) is 144 Å². The van der Waals surface area contributed by atoms with Crippen LogP contribution in [-0.4, -0.2) is 58.9 Å². The number of rotatable bonds is 0. The zero-order valence-electron chi connectivity index (χ0n) is 39.5. The summed E-state index contributed by atoms with van der Waals surface area (Å²) in [5.41, 5.74) is 16.0. The van der Waals surface area contributed by atoms with Gasteiger partial charge in [-0.2, -0.15) is 0 Å². The molecule has 0 radical (unpaired) electrons. The van der Waals surface area contributed by atoms with Gasteiger partial charge >= 0.3 is 143 Å². The van der Waals surface area contributed by atoms with Crippen LogP contribution in [0.4, 0.5) is 0 Å². The quantitative estimate of drug-likeness (QED) is 0.138. The van der Waals surface area contributed by atoms with Gasteiger partial charge in [-0.1, -0.05) is 24.3 Å². The number of aromatic nitrogens is 6. The normalized spacial score (nSPS) is 10.7. The van der Waals surface area contributed by atoms with Crippen molar-refractivity contribution in [1.29, 1.82) is 0 Å². The Kier molecular flexibility index (Phi) is 16.0. The van der Waals surface area contributed by atoms with E-state index in [1.165, 1.54) is 71.5 Å². The summed E-state index contributed by atoms with van der Waals surface area (Å²) in [7, 11) is 0. The van der Waals surface area contributed by atoms with Gasteiger partial charge in [-0.15, -0.1) is 22.7 Å². The average molecular weight is 1040 g/mol. The Morgan fingerprint density at radius 2 is 0.652 bits per heavy atom. The molecule has 6 aromatic heterocycles. The Hall–Kier alpha value is -5.58. The van der Waals surface area contributed by atoms with Crippen LogP contribution < -0.4 is 0 Å². The number of aryl methyl sites for hydroxylation is 12. The van der Waals surface area contributed by atoms with Crippen molar-refractivity contribution < 1.29 is 8.83 Å². The van der Waals surface area contributed by atoms with Gasteiger partial charge in [0.1, 0.15) is 11.0 Å². The second-order valence-electron chi connectivity index (χ2n) is 16.2. The smallest absolute Gasteiger partial charge is 0.192 e. The van der Waals surface area contributed by atoms with Gasteiger partial charge < -0.3 is 8.83 Å². The third-order valence-corrected chi connectivity index (χ3v) is 15.7. The number of nitrogens with zero attached hydrogens (tertiary/aromatic N) is 6. The van der Waals surface area contributed by atoms with Crippen molar-refractivity contribution in [3.63, 3.8) is 0 Å².